The summed E-state index contributed by atoms with van der Waals surface area (Å²) in [7, 11) is 0. The van der Waals surface area contributed by atoms with Crippen molar-refractivity contribution in [3.05, 3.63) is 29.8 Å². The molecular formula is C21H32N2O3. The molecule has 2 saturated heterocycles. The first kappa shape index (κ1) is 19.2. The number of hydrogen-bond acceptors (Lipinski definition) is 4. The number of aryl methyl sites for hydroxylation is 1. The minimum Gasteiger partial charge on any atom is -0.484 e. The topological polar surface area (TPSA) is 42.0 Å². The predicted octanol–water partition coefficient (Wildman–Crippen LogP) is 2.72. The van der Waals surface area contributed by atoms with E-state index in [1.807, 2.05) is 36.1 Å². The fourth-order valence-electron chi connectivity index (χ4n) is 3.84. The van der Waals surface area contributed by atoms with E-state index in [-0.39, 0.29) is 12.5 Å². The number of likely N-dealkylation sites (tertiary alicyclic amines) is 1. The summed E-state index contributed by atoms with van der Waals surface area (Å²) in [6, 6.07) is 8.90. The number of carbonyl (C=O) groups is 1. The molecule has 0 unspecified atom stereocenters. The van der Waals surface area contributed by atoms with Gasteiger partial charge in [0.25, 0.3) is 5.91 Å². The SMILES string of the molecule is Cc1cccc(OCC(=O)N2CC(N(CC(C)C)C3CCOCC3)C2)c1. The number of carbonyl (C=O) groups excluding carboxylic acids is 1. The maximum absolute atomic E-state index is 12.4. The molecule has 0 atom stereocenters. The standard InChI is InChI=1S/C21H32N2O3/c1-16(2)12-23(18-7-9-25-10-8-18)19-13-22(14-19)21(24)15-26-20-6-4-5-17(3)11-20/h4-6,11,16,18-19H,7-10,12-15H2,1-3H3. The maximum atomic E-state index is 12.4. The van der Waals surface area contributed by atoms with Crippen LogP contribution < -0.4 is 4.74 Å². The first-order chi connectivity index (χ1) is 12.5. The van der Waals surface area contributed by atoms with Gasteiger partial charge in [0.05, 0.1) is 0 Å². The summed E-state index contributed by atoms with van der Waals surface area (Å²) in [6.07, 6.45) is 2.21. The first-order valence-electron chi connectivity index (χ1n) is 9.83. The molecule has 2 heterocycles. The van der Waals surface area contributed by atoms with Crippen LogP contribution in [-0.4, -0.2) is 67.2 Å². The molecule has 2 aliphatic heterocycles. The lowest BCUT2D eigenvalue weighted by atomic mass is 9.98. The van der Waals surface area contributed by atoms with Gasteiger partial charge < -0.3 is 14.4 Å². The number of amides is 1. The van der Waals surface area contributed by atoms with Crippen LogP contribution >= 0.6 is 0 Å². The van der Waals surface area contributed by atoms with Crippen LogP contribution in [0.1, 0.15) is 32.3 Å². The second-order valence-electron chi connectivity index (χ2n) is 7.99. The van der Waals surface area contributed by atoms with E-state index in [1.165, 1.54) is 0 Å². The van der Waals surface area contributed by atoms with Crippen LogP contribution in [-0.2, 0) is 9.53 Å². The lowest BCUT2D eigenvalue weighted by molar-refractivity contribution is -0.142. The maximum Gasteiger partial charge on any atom is 0.260 e. The van der Waals surface area contributed by atoms with Crippen molar-refractivity contribution in [2.75, 3.05) is 39.5 Å². The fraction of sp³-hybridized carbons (Fsp3) is 0.667. The Morgan fingerprint density at radius 1 is 1.27 bits per heavy atom. The van der Waals surface area contributed by atoms with Gasteiger partial charge in [-0.15, -0.1) is 0 Å². The summed E-state index contributed by atoms with van der Waals surface area (Å²) >= 11 is 0. The van der Waals surface area contributed by atoms with Crippen molar-refractivity contribution in [3.8, 4) is 5.75 Å². The van der Waals surface area contributed by atoms with E-state index >= 15 is 0 Å². The molecule has 0 aliphatic carbocycles. The Hall–Kier alpha value is -1.59. The third-order valence-electron chi connectivity index (χ3n) is 5.27. The summed E-state index contributed by atoms with van der Waals surface area (Å²) < 4.78 is 11.2. The highest BCUT2D eigenvalue weighted by atomic mass is 16.5. The zero-order valence-electron chi connectivity index (χ0n) is 16.3. The molecule has 144 valence electrons. The smallest absolute Gasteiger partial charge is 0.260 e. The molecule has 1 aromatic carbocycles. The second kappa shape index (κ2) is 8.87. The number of rotatable bonds is 7. The molecule has 2 aliphatic rings. The normalized spacial score (nSPS) is 19.0. The van der Waals surface area contributed by atoms with E-state index < -0.39 is 0 Å². The van der Waals surface area contributed by atoms with Gasteiger partial charge in [0, 0.05) is 44.9 Å². The lowest BCUT2D eigenvalue weighted by Crippen LogP contribution is -2.64. The van der Waals surface area contributed by atoms with E-state index in [0.29, 0.717) is 18.0 Å². The molecule has 5 heteroatoms. The molecule has 0 radical (unpaired) electrons. The van der Waals surface area contributed by atoms with Gasteiger partial charge >= 0.3 is 0 Å². The van der Waals surface area contributed by atoms with Crippen LogP contribution in [0, 0.1) is 12.8 Å². The molecule has 1 amide bonds. The second-order valence-corrected chi connectivity index (χ2v) is 7.99. The van der Waals surface area contributed by atoms with Gasteiger partial charge in [0.15, 0.2) is 6.61 Å². The van der Waals surface area contributed by atoms with Gasteiger partial charge in [-0.2, -0.15) is 0 Å². The van der Waals surface area contributed by atoms with Crippen molar-refractivity contribution in [3.63, 3.8) is 0 Å². The van der Waals surface area contributed by atoms with Crippen molar-refractivity contribution in [1.82, 2.24) is 9.80 Å². The van der Waals surface area contributed by atoms with Gasteiger partial charge in [0.1, 0.15) is 5.75 Å². The lowest BCUT2D eigenvalue weighted by Gasteiger charge is -2.49. The summed E-state index contributed by atoms with van der Waals surface area (Å²) in [6.45, 7) is 11.1. The Kier molecular flexibility index (Phi) is 6.54. The highest BCUT2D eigenvalue weighted by molar-refractivity contribution is 5.78. The molecule has 1 aromatic rings. The third kappa shape index (κ3) is 4.98. The van der Waals surface area contributed by atoms with E-state index in [9.17, 15) is 4.79 Å². The molecule has 2 fully saturated rings. The minimum atomic E-state index is 0.0826. The number of benzene rings is 1. The van der Waals surface area contributed by atoms with Crippen molar-refractivity contribution in [1.29, 1.82) is 0 Å². The Balaban J connectivity index is 1.48. The molecule has 3 rings (SSSR count). The molecule has 0 saturated carbocycles. The van der Waals surface area contributed by atoms with Gasteiger partial charge in [-0.05, 0) is 43.4 Å². The van der Waals surface area contributed by atoms with Gasteiger partial charge in [0.2, 0.25) is 0 Å². The zero-order valence-corrected chi connectivity index (χ0v) is 16.3. The van der Waals surface area contributed by atoms with E-state index in [0.717, 1.165) is 57.0 Å². The fourth-order valence-corrected chi connectivity index (χ4v) is 3.84. The molecule has 5 nitrogen and oxygen atoms in total. The zero-order chi connectivity index (χ0) is 18.5. The van der Waals surface area contributed by atoms with Crippen LogP contribution in [0.3, 0.4) is 0 Å². The van der Waals surface area contributed by atoms with E-state index in [4.69, 9.17) is 9.47 Å². The molecule has 0 N–H and O–H groups in total. The highest BCUT2D eigenvalue weighted by Gasteiger charge is 2.38. The van der Waals surface area contributed by atoms with Crippen molar-refractivity contribution >= 4 is 5.91 Å². The van der Waals surface area contributed by atoms with Gasteiger partial charge in [-0.25, -0.2) is 0 Å². The van der Waals surface area contributed by atoms with Crippen molar-refractivity contribution < 1.29 is 14.3 Å². The van der Waals surface area contributed by atoms with E-state index in [2.05, 4.69) is 18.7 Å². The Morgan fingerprint density at radius 3 is 2.65 bits per heavy atom. The van der Waals surface area contributed by atoms with Crippen LogP contribution in [0.4, 0.5) is 0 Å². The van der Waals surface area contributed by atoms with Gasteiger partial charge in [-0.1, -0.05) is 26.0 Å². The van der Waals surface area contributed by atoms with Gasteiger partial charge in [-0.3, -0.25) is 9.69 Å². The van der Waals surface area contributed by atoms with Crippen LogP contribution in [0.5, 0.6) is 5.75 Å². The molecule has 26 heavy (non-hydrogen) atoms. The van der Waals surface area contributed by atoms with Crippen molar-refractivity contribution in [2.24, 2.45) is 5.92 Å². The molecule has 0 bridgehead atoms. The predicted molar refractivity (Wildman–Crippen MR) is 102 cm³/mol. The van der Waals surface area contributed by atoms with Crippen LogP contribution in [0.2, 0.25) is 0 Å². The molecule has 0 spiro atoms. The van der Waals surface area contributed by atoms with Crippen LogP contribution in [0.15, 0.2) is 24.3 Å². The first-order valence-corrected chi connectivity index (χ1v) is 9.83. The molecule has 0 aromatic heterocycles. The molecular weight excluding hydrogens is 328 g/mol. The average Bonchev–Trinajstić information content (AvgIpc) is 2.58. The number of nitrogens with zero attached hydrogens (tertiary/aromatic N) is 2. The quantitative estimate of drug-likeness (QED) is 0.750. The Morgan fingerprint density at radius 2 is 2.00 bits per heavy atom. The number of ether oxygens (including phenoxy) is 2. The third-order valence-corrected chi connectivity index (χ3v) is 5.27. The minimum absolute atomic E-state index is 0.0826. The number of hydrogen-bond donors (Lipinski definition) is 0. The summed E-state index contributed by atoms with van der Waals surface area (Å²) in [5.41, 5.74) is 1.14. The van der Waals surface area contributed by atoms with Crippen molar-refractivity contribution in [2.45, 2.75) is 45.7 Å². The Labute approximate surface area is 157 Å². The highest BCUT2D eigenvalue weighted by Crippen LogP contribution is 2.24. The average molecular weight is 360 g/mol. The monoisotopic (exact) mass is 360 g/mol. The summed E-state index contributed by atoms with van der Waals surface area (Å²) in [5, 5.41) is 0. The Bertz CT molecular complexity index is 593. The van der Waals surface area contributed by atoms with Crippen LogP contribution in [0.25, 0.3) is 0 Å². The summed E-state index contributed by atoms with van der Waals surface area (Å²) in [4.78, 5) is 17.0. The summed E-state index contributed by atoms with van der Waals surface area (Å²) in [5.74, 6) is 1.48. The largest absolute Gasteiger partial charge is 0.484 e. The van der Waals surface area contributed by atoms with E-state index in [1.54, 1.807) is 0 Å².